The number of halogens is 1. The third-order valence-corrected chi connectivity index (χ3v) is 4.31. The number of para-hydroxylation sites is 1. The quantitative estimate of drug-likeness (QED) is 0.932. The van der Waals surface area contributed by atoms with Crippen molar-refractivity contribution in [3.8, 4) is 5.69 Å². The van der Waals surface area contributed by atoms with Crippen molar-refractivity contribution in [3.63, 3.8) is 0 Å². The fourth-order valence-electron chi connectivity index (χ4n) is 2.66. The van der Waals surface area contributed by atoms with Crippen molar-refractivity contribution in [2.45, 2.75) is 18.9 Å². The Morgan fingerprint density at radius 2 is 2.27 bits per heavy atom. The van der Waals surface area contributed by atoms with Gasteiger partial charge in [-0.05, 0) is 38.6 Å². The molecule has 1 atom stereocenters. The largest absolute Gasteiger partial charge is 0.349 e. The highest BCUT2D eigenvalue weighted by Crippen LogP contribution is 2.18. The van der Waals surface area contributed by atoms with Crippen LogP contribution in [-0.4, -0.2) is 52.0 Å². The van der Waals surface area contributed by atoms with Crippen LogP contribution in [0.15, 0.2) is 30.5 Å². The van der Waals surface area contributed by atoms with Gasteiger partial charge in [0.15, 0.2) is 5.69 Å². The van der Waals surface area contributed by atoms with Gasteiger partial charge >= 0.3 is 0 Å². The van der Waals surface area contributed by atoms with Crippen molar-refractivity contribution >= 4 is 17.5 Å². The number of rotatable bonds is 4. The second-order valence-corrected chi connectivity index (χ2v) is 5.89. The minimum atomic E-state index is -0.210. The summed E-state index contributed by atoms with van der Waals surface area (Å²) in [5, 5.41) is 11.4. The van der Waals surface area contributed by atoms with Crippen molar-refractivity contribution in [2.24, 2.45) is 0 Å². The molecule has 1 aliphatic heterocycles. The fourth-order valence-corrected chi connectivity index (χ4v) is 2.88. The molecule has 0 saturated carbocycles. The third-order valence-electron chi connectivity index (χ3n) is 4.00. The normalized spacial score (nSPS) is 18.5. The van der Waals surface area contributed by atoms with E-state index in [0.717, 1.165) is 13.0 Å². The van der Waals surface area contributed by atoms with Gasteiger partial charge in [-0.15, -0.1) is 5.10 Å². The lowest BCUT2D eigenvalue weighted by molar-refractivity contribution is 0.0938. The zero-order chi connectivity index (χ0) is 15.5. The summed E-state index contributed by atoms with van der Waals surface area (Å²) in [4.78, 5) is 14.4. The molecule has 0 spiro atoms. The Bertz CT molecular complexity index is 671. The highest BCUT2D eigenvalue weighted by molar-refractivity contribution is 6.32. The molecule has 7 heteroatoms. The van der Waals surface area contributed by atoms with Crippen molar-refractivity contribution in [3.05, 3.63) is 41.2 Å². The fraction of sp³-hybridized carbons (Fsp3) is 0.400. The zero-order valence-electron chi connectivity index (χ0n) is 12.4. The summed E-state index contributed by atoms with van der Waals surface area (Å²) in [6, 6.07) is 7.70. The van der Waals surface area contributed by atoms with E-state index in [1.807, 2.05) is 18.2 Å². The summed E-state index contributed by atoms with van der Waals surface area (Å²) >= 11 is 6.12. The van der Waals surface area contributed by atoms with Crippen LogP contribution in [0, 0.1) is 0 Å². The predicted octanol–water partition coefficient (Wildman–Crippen LogP) is 1.74. The van der Waals surface area contributed by atoms with E-state index in [9.17, 15) is 4.79 Å². The Kier molecular flexibility index (Phi) is 4.40. The van der Waals surface area contributed by atoms with E-state index in [0.29, 0.717) is 29.0 Å². The molecule has 6 nitrogen and oxygen atoms in total. The van der Waals surface area contributed by atoms with Gasteiger partial charge in [-0.3, -0.25) is 4.79 Å². The van der Waals surface area contributed by atoms with Gasteiger partial charge < -0.3 is 10.2 Å². The van der Waals surface area contributed by atoms with Crippen molar-refractivity contribution in [1.82, 2.24) is 25.2 Å². The topological polar surface area (TPSA) is 63.1 Å². The number of benzene rings is 1. The van der Waals surface area contributed by atoms with Crippen LogP contribution in [0.5, 0.6) is 0 Å². The van der Waals surface area contributed by atoms with Crippen LogP contribution < -0.4 is 5.32 Å². The molecule has 1 saturated heterocycles. The molecular formula is C15H18ClN5O. The van der Waals surface area contributed by atoms with E-state index in [1.54, 1.807) is 12.3 Å². The molecule has 116 valence electrons. The molecule has 2 heterocycles. The maximum absolute atomic E-state index is 12.2. The first-order chi connectivity index (χ1) is 10.6. The van der Waals surface area contributed by atoms with Gasteiger partial charge in [0.2, 0.25) is 0 Å². The standard InChI is InChI=1S/C15H18ClN5O/c1-20-8-4-5-11(20)9-17-15(22)13-10-21(19-18-13)14-7-3-2-6-12(14)16/h2-3,6-7,10-11H,4-5,8-9H2,1H3,(H,17,22)/t11-/m1/s1. The number of amides is 1. The van der Waals surface area contributed by atoms with E-state index in [2.05, 4.69) is 27.6 Å². The van der Waals surface area contributed by atoms with E-state index in [-0.39, 0.29) is 5.91 Å². The van der Waals surface area contributed by atoms with Gasteiger partial charge in [-0.1, -0.05) is 28.9 Å². The maximum atomic E-state index is 12.2. The molecule has 0 bridgehead atoms. The van der Waals surface area contributed by atoms with Gasteiger partial charge in [-0.25, -0.2) is 4.68 Å². The lowest BCUT2D eigenvalue weighted by atomic mass is 10.2. The highest BCUT2D eigenvalue weighted by atomic mass is 35.5. The van der Waals surface area contributed by atoms with Gasteiger partial charge in [0.1, 0.15) is 0 Å². The maximum Gasteiger partial charge on any atom is 0.273 e. The molecule has 0 unspecified atom stereocenters. The Labute approximate surface area is 134 Å². The first-order valence-corrected chi connectivity index (χ1v) is 7.68. The van der Waals surface area contributed by atoms with Crippen LogP contribution >= 0.6 is 11.6 Å². The van der Waals surface area contributed by atoms with Crippen LogP contribution in [0.4, 0.5) is 0 Å². The average Bonchev–Trinajstić information content (AvgIpc) is 3.14. The smallest absolute Gasteiger partial charge is 0.273 e. The molecule has 1 fully saturated rings. The second kappa shape index (κ2) is 6.46. The SMILES string of the molecule is CN1CCC[C@@H]1CNC(=O)c1cn(-c2ccccc2Cl)nn1. The molecule has 1 aromatic carbocycles. The molecule has 1 amide bonds. The number of hydrogen-bond donors (Lipinski definition) is 1. The first-order valence-electron chi connectivity index (χ1n) is 7.31. The zero-order valence-corrected chi connectivity index (χ0v) is 13.1. The number of hydrogen-bond acceptors (Lipinski definition) is 4. The van der Waals surface area contributed by atoms with Crippen LogP contribution in [0.3, 0.4) is 0 Å². The van der Waals surface area contributed by atoms with Crippen LogP contribution in [0.2, 0.25) is 5.02 Å². The summed E-state index contributed by atoms with van der Waals surface area (Å²) in [7, 11) is 2.08. The van der Waals surface area contributed by atoms with Gasteiger partial charge in [0.25, 0.3) is 5.91 Å². The highest BCUT2D eigenvalue weighted by Gasteiger charge is 2.22. The first kappa shape index (κ1) is 15.0. The summed E-state index contributed by atoms with van der Waals surface area (Å²) in [5.41, 5.74) is 0.992. The number of nitrogens with one attached hydrogen (secondary N) is 1. The van der Waals surface area contributed by atoms with Crippen LogP contribution in [0.25, 0.3) is 5.69 Å². The lowest BCUT2D eigenvalue weighted by Gasteiger charge is -2.19. The van der Waals surface area contributed by atoms with E-state index in [4.69, 9.17) is 11.6 Å². The van der Waals surface area contributed by atoms with E-state index < -0.39 is 0 Å². The Hall–Kier alpha value is -1.92. The lowest BCUT2D eigenvalue weighted by Crippen LogP contribution is -2.38. The number of aromatic nitrogens is 3. The molecule has 1 N–H and O–H groups in total. The van der Waals surface area contributed by atoms with E-state index in [1.165, 1.54) is 11.1 Å². The van der Waals surface area contributed by atoms with E-state index >= 15 is 0 Å². The molecule has 1 aliphatic rings. The summed E-state index contributed by atoms with van der Waals surface area (Å²) in [6.45, 7) is 1.72. The summed E-state index contributed by atoms with van der Waals surface area (Å²) in [5.74, 6) is -0.210. The monoisotopic (exact) mass is 319 g/mol. The van der Waals surface area contributed by atoms with Crippen molar-refractivity contribution in [2.75, 3.05) is 20.1 Å². The van der Waals surface area contributed by atoms with Crippen molar-refractivity contribution < 1.29 is 4.79 Å². The van der Waals surface area contributed by atoms with Gasteiger partial charge in [0, 0.05) is 12.6 Å². The molecule has 0 radical (unpaired) electrons. The summed E-state index contributed by atoms with van der Waals surface area (Å²) in [6.07, 6.45) is 3.89. The number of nitrogens with zero attached hydrogens (tertiary/aromatic N) is 4. The minimum Gasteiger partial charge on any atom is -0.349 e. The number of likely N-dealkylation sites (tertiary alicyclic amines) is 1. The Morgan fingerprint density at radius 3 is 3.00 bits per heavy atom. The molecular weight excluding hydrogens is 302 g/mol. The summed E-state index contributed by atoms with van der Waals surface area (Å²) < 4.78 is 1.51. The van der Waals surface area contributed by atoms with Crippen LogP contribution in [-0.2, 0) is 0 Å². The number of carbonyl (C=O) groups is 1. The van der Waals surface area contributed by atoms with Gasteiger partial charge in [0.05, 0.1) is 16.9 Å². The molecule has 22 heavy (non-hydrogen) atoms. The second-order valence-electron chi connectivity index (χ2n) is 5.49. The number of likely N-dealkylation sites (N-methyl/N-ethyl adjacent to an activating group) is 1. The van der Waals surface area contributed by atoms with Crippen molar-refractivity contribution in [1.29, 1.82) is 0 Å². The number of carbonyl (C=O) groups excluding carboxylic acids is 1. The molecule has 0 aliphatic carbocycles. The minimum absolute atomic E-state index is 0.210. The molecule has 3 rings (SSSR count). The van der Waals surface area contributed by atoms with Crippen LogP contribution in [0.1, 0.15) is 23.3 Å². The Morgan fingerprint density at radius 1 is 1.45 bits per heavy atom. The Balaban J connectivity index is 1.66. The van der Waals surface area contributed by atoms with Gasteiger partial charge in [-0.2, -0.15) is 0 Å². The molecule has 2 aromatic rings. The third kappa shape index (κ3) is 3.13. The average molecular weight is 320 g/mol. The predicted molar refractivity (Wildman–Crippen MR) is 84.4 cm³/mol. The molecule has 1 aromatic heterocycles.